The Kier molecular flexibility index (Phi) is 1.92. The summed E-state index contributed by atoms with van der Waals surface area (Å²) in [6, 6.07) is 0.695. The summed E-state index contributed by atoms with van der Waals surface area (Å²) in [5, 5.41) is 9.80. The van der Waals surface area contributed by atoms with Crippen molar-refractivity contribution < 1.29 is 9.59 Å². The molecule has 2 nitrogen and oxygen atoms in total. The Morgan fingerprint density at radius 3 is 2.17 bits per heavy atom. The monoisotopic (exact) mass is 170 g/mol. The number of aliphatic hydroxyl groups is 1. The van der Waals surface area contributed by atoms with E-state index in [0.29, 0.717) is 12.0 Å². The molecule has 3 rings (SSSR count). The minimum Gasteiger partial charge on any atom is -0.387 e. The Bertz CT molecular complexity index is 171. The minimum absolute atomic E-state index is 0.00472. The molecule has 3 aliphatic heterocycles. The summed E-state index contributed by atoms with van der Waals surface area (Å²) in [5.41, 5.74) is 0. The van der Waals surface area contributed by atoms with Gasteiger partial charge in [0.05, 0.1) is 19.1 Å². The number of quaternary nitrogens is 1. The number of hydrogen-bond acceptors (Lipinski definition) is 1. The van der Waals surface area contributed by atoms with E-state index in [1.165, 1.54) is 30.4 Å². The topological polar surface area (TPSA) is 20.2 Å². The van der Waals surface area contributed by atoms with Crippen LogP contribution in [0.25, 0.3) is 0 Å². The SMILES string of the molecule is CC(C)[N+]12CCC(CC1)C(O)C2. The Morgan fingerprint density at radius 2 is 1.83 bits per heavy atom. The van der Waals surface area contributed by atoms with Crippen molar-refractivity contribution in [3.05, 3.63) is 0 Å². The fourth-order valence-electron chi connectivity index (χ4n) is 2.92. The summed E-state index contributed by atoms with van der Waals surface area (Å²) in [4.78, 5) is 0. The van der Waals surface area contributed by atoms with Gasteiger partial charge in [0.1, 0.15) is 12.6 Å². The molecule has 0 aromatic carbocycles. The van der Waals surface area contributed by atoms with Crippen molar-refractivity contribution in [3.8, 4) is 0 Å². The summed E-state index contributed by atoms with van der Waals surface area (Å²) in [6.45, 7) is 8.21. The normalized spacial score (nSPS) is 47.0. The van der Waals surface area contributed by atoms with Gasteiger partial charge in [0, 0.05) is 18.8 Å². The van der Waals surface area contributed by atoms with Crippen LogP contribution in [0.15, 0.2) is 0 Å². The number of piperidine rings is 3. The first-order chi connectivity index (χ1) is 5.64. The van der Waals surface area contributed by atoms with E-state index in [-0.39, 0.29) is 6.10 Å². The molecule has 0 aliphatic carbocycles. The predicted molar refractivity (Wildman–Crippen MR) is 48.7 cm³/mol. The molecular formula is C10H20NO+. The number of hydrogen-bond donors (Lipinski definition) is 1. The van der Waals surface area contributed by atoms with Gasteiger partial charge in [-0.25, -0.2) is 0 Å². The molecule has 0 aromatic heterocycles. The summed E-state index contributed by atoms with van der Waals surface area (Å²) in [7, 11) is 0. The van der Waals surface area contributed by atoms with Crippen LogP contribution >= 0.6 is 0 Å². The van der Waals surface area contributed by atoms with Crippen molar-refractivity contribution in [3.63, 3.8) is 0 Å². The average molecular weight is 170 g/mol. The molecule has 3 heterocycles. The molecule has 0 aromatic rings. The van der Waals surface area contributed by atoms with E-state index in [1.54, 1.807) is 0 Å². The molecule has 12 heavy (non-hydrogen) atoms. The molecule has 1 unspecified atom stereocenters. The summed E-state index contributed by atoms with van der Waals surface area (Å²) in [5.74, 6) is 0.628. The van der Waals surface area contributed by atoms with Crippen LogP contribution in [-0.4, -0.2) is 41.4 Å². The highest BCUT2D eigenvalue weighted by atomic mass is 16.3. The standard InChI is InChI=1S/C10H20NO/c1-8(2)11-5-3-9(4-6-11)10(12)7-11/h8-10,12H,3-7H2,1-2H3/q+1. The Hall–Kier alpha value is -0.0800. The van der Waals surface area contributed by atoms with Crippen LogP contribution in [0.5, 0.6) is 0 Å². The number of nitrogens with zero attached hydrogens (tertiary/aromatic N) is 1. The lowest BCUT2D eigenvalue weighted by Crippen LogP contribution is -2.66. The van der Waals surface area contributed by atoms with Gasteiger partial charge in [-0.3, -0.25) is 0 Å². The van der Waals surface area contributed by atoms with E-state index in [4.69, 9.17) is 0 Å². The molecule has 0 radical (unpaired) electrons. The smallest absolute Gasteiger partial charge is 0.106 e. The Labute approximate surface area is 74.8 Å². The maximum atomic E-state index is 9.80. The van der Waals surface area contributed by atoms with E-state index in [2.05, 4.69) is 13.8 Å². The van der Waals surface area contributed by atoms with Crippen molar-refractivity contribution in [2.24, 2.45) is 5.92 Å². The van der Waals surface area contributed by atoms with Gasteiger partial charge in [0.2, 0.25) is 0 Å². The highest BCUT2D eigenvalue weighted by Gasteiger charge is 2.46. The first-order valence-corrected chi connectivity index (χ1v) is 5.18. The lowest BCUT2D eigenvalue weighted by atomic mass is 9.82. The second kappa shape index (κ2) is 2.71. The van der Waals surface area contributed by atoms with Gasteiger partial charge in [0.15, 0.2) is 0 Å². The van der Waals surface area contributed by atoms with Crippen molar-refractivity contribution in [1.29, 1.82) is 0 Å². The zero-order valence-corrected chi connectivity index (χ0v) is 8.16. The first kappa shape index (κ1) is 8.52. The average Bonchev–Trinajstić information content (AvgIpc) is 2.05. The van der Waals surface area contributed by atoms with E-state index >= 15 is 0 Å². The Morgan fingerprint density at radius 1 is 1.25 bits per heavy atom. The second-order valence-corrected chi connectivity index (χ2v) is 4.85. The lowest BCUT2D eigenvalue weighted by molar-refractivity contribution is -0.965. The molecular weight excluding hydrogens is 150 g/mol. The third kappa shape index (κ3) is 1.09. The van der Waals surface area contributed by atoms with Crippen molar-refractivity contribution in [2.45, 2.75) is 38.8 Å². The molecule has 3 aliphatic rings. The Balaban J connectivity index is 2.16. The summed E-state index contributed by atoms with van der Waals surface area (Å²) < 4.78 is 1.18. The second-order valence-electron chi connectivity index (χ2n) is 4.85. The molecule has 3 saturated heterocycles. The van der Waals surface area contributed by atoms with Crippen LogP contribution in [0.4, 0.5) is 0 Å². The highest BCUT2D eigenvalue weighted by Crippen LogP contribution is 2.35. The van der Waals surface area contributed by atoms with Crippen LogP contribution < -0.4 is 0 Å². The fourth-order valence-corrected chi connectivity index (χ4v) is 2.92. The predicted octanol–water partition coefficient (Wildman–Crippen LogP) is 0.996. The molecule has 0 saturated carbocycles. The molecule has 1 atom stereocenters. The van der Waals surface area contributed by atoms with Gasteiger partial charge in [-0.15, -0.1) is 0 Å². The van der Waals surface area contributed by atoms with Gasteiger partial charge in [-0.2, -0.15) is 0 Å². The highest BCUT2D eigenvalue weighted by molar-refractivity contribution is 4.80. The van der Waals surface area contributed by atoms with Crippen LogP contribution in [0, 0.1) is 5.92 Å². The molecule has 70 valence electrons. The summed E-state index contributed by atoms with van der Waals surface area (Å²) >= 11 is 0. The maximum absolute atomic E-state index is 9.80. The zero-order valence-electron chi connectivity index (χ0n) is 8.16. The molecule has 0 amide bonds. The van der Waals surface area contributed by atoms with Gasteiger partial charge >= 0.3 is 0 Å². The van der Waals surface area contributed by atoms with Gasteiger partial charge in [-0.05, 0) is 13.8 Å². The van der Waals surface area contributed by atoms with Gasteiger partial charge in [0.25, 0.3) is 0 Å². The molecule has 1 N–H and O–H groups in total. The lowest BCUT2D eigenvalue weighted by Gasteiger charge is -2.53. The fraction of sp³-hybridized carbons (Fsp3) is 1.00. The maximum Gasteiger partial charge on any atom is 0.106 e. The zero-order chi connectivity index (χ0) is 8.77. The van der Waals surface area contributed by atoms with E-state index in [9.17, 15) is 5.11 Å². The summed E-state index contributed by atoms with van der Waals surface area (Å²) in [6.07, 6.45) is 2.49. The molecule has 2 bridgehead atoms. The van der Waals surface area contributed by atoms with Gasteiger partial charge < -0.3 is 9.59 Å². The van der Waals surface area contributed by atoms with Crippen LogP contribution in [0.3, 0.4) is 0 Å². The number of aliphatic hydroxyl groups excluding tert-OH is 1. The quantitative estimate of drug-likeness (QED) is 0.582. The number of rotatable bonds is 1. The molecule has 0 spiro atoms. The van der Waals surface area contributed by atoms with Gasteiger partial charge in [-0.1, -0.05) is 0 Å². The van der Waals surface area contributed by atoms with E-state index in [0.717, 1.165) is 6.54 Å². The van der Waals surface area contributed by atoms with Crippen LogP contribution in [-0.2, 0) is 0 Å². The van der Waals surface area contributed by atoms with E-state index < -0.39 is 0 Å². The molecule has 3 fully saturated rings. The molecule has 2 heteroatoms. The third-order valence-electron chi connectivity index (χ3n) is 4.08. The van der Waals surface area contributed by atoms with Crippen LogP contribution in [0.1, 0.15) is 26.7 Å². The van der Waals surface area contributed by atoms with Crippen molar-refractivity contribution >= 4 is 0 Å². The van der Waals surface area contributed by atoms with Crippen molar-refractivity contribution in [1.82, 2.24) is 0 Å². The van der Waals surface area contributed by atoms with Crippen molar-refractivity contribution in [2.75, 3.05) is 19.6 Å². The first-order valence-electron chi connectivity index (χ1n) is 5.18. The minimum atomic E-state index is -0.00472. The van der Waals surface area contributed by atoms with E-state index in [1.807, 2.05) is 0 Å². The van der Waals surface area contributed by atoms with Crippen LogP contribution in [0.2, 0.25) is 0 Å². The largest absolute Gasteiger partial charge is 0.387 e. The third-order valence-corrected chi connectivity index (χ3v) is 4.08. The number of fused-ring (bicyclic) bond motifs is 3.